The summed E-state index contributed by atoms with van der Waals surface area (Å²) in [6, 6.07) is 13.7. The van der Waals surface area contributed by atoms with E-state index in [2.05, 4.69) is 32.3 Å². The maximum Gasteiger partial charge on any atom is 0.134 e. The van der Waals surface area contributed by atoms with Crippen LogP contribution < -0.4 is 5.32 Å². The number of anilines is 1. The number of phenolic OH excluding ortho intramolecular Hbond substituents is 1. The van der Waals surface area contributed by atoms with E-state index in [1.807, 2.05) is 42.6 Å². The van der Waals surface area contributed by atoms with E-state index in [0.29, 0.717) is 11.0 Å². The third-order valence-electron chi connectivity index (χ3n) is 3.21. The van der Waals surface area contributed by atoms with Crippen LogP contribution >= 0.6 is 15.9 Å². The molecule has 0 unspecified atom stereocenters. The average Bonchev–Trinajstić information content (AvgIpc) is 2.49. The van der Waals surface area contributed by atoms with Crippen molar-refractivity contribution in [1.82, 2.24) is 4.98 Å². The van der Waals surface area contributed by atoms with E-state index in [-0.39, 0.29) is 5.75 Å². The molecule has 0 saturated heterocycles. The van der Waals surface area contributed by atoms with Crippen LogP contribution in [0.3, 0.4) is 0 Å². The molecule has 0 saturated carbocycles. The van der Waals surface area contributed by atoms with Gasteiger partial charge in [0.1, 0.15) is 5.75 Å². The molecule has 0 radical (unpaired) electrons. The van der Waals surface area contributed by atoms with Gasteiger partial charge in [-0.2, -0.15) is 0 Å². The zero-order valence-electron chi connectivity index (χ0n) is 10.7. The van der Waals surface area contributed by atoms with Crippen LogP contribution in [0.2, 0.25) is 0 Å². The molecular formula is C16H13BrN2O. The number of phenols is 1. The van der Waals surface area contributed by atoms with Crippen LogP contribution in [0.15, 0.2) is 59.3 Å². The highest BCUT2D eigenvalue weighted by atomic mass is 79.9. The number of pyridine rings is 1. The van der Waals surface area contributed by atoms with Crippen molar-refractivity contribution in [3.63, 3.8) is 0 Å². The molecule has 0 aliphatic rings. The lowest BCUT2D eigenvalue weighted by atomic mass is 10.1. The van der Waals surface area contributed by atoms with Crippen LogP contribution in [0.1, 0.15) is 5.56 Å². The molecule has 3 rings (SSSR count). The Balaban J connectivity index is 1.89. The Labute approximate surface area is 125 Å². The first kappa shape index (κ1) is 12.9. The fraction of sp³-hybridized carbons (Fsp3) is 0.0625. The van der Waals surface area contributed by atoms with E-state index in [0.717, 1.165) is 22.0 Å². The molecule has 0 fully saturated rings. The van der Waals surface area contributed by atoms with Crippen LogP contribution in [-0.4, -0.2) is 10.1 Å². The number of benzene rings is 2. The zero-order chi connectivity index (χ0) is 13.9. The van der Waals surface area contributed by atoms with Crippen LogP contribution in [0, 0.1) is 0 Å². The van der Waals surface area contributed by atoms with Gasteiger partial charge >= 0.3 is 0 Å². The number of nitrogens with one attached hydrogen (secondary N) is 1. The first-order valence-electron chi connectivity index (χ1n) is 6.28. The number of hydrogen-bond acceptors (Lipinski definition) is 3. The largest absolute Gasteiger partial charge is 0.506 e. The summed E-state index contributed by atoms with van der Waals surface area (Å²) in [5, 5.41) is 15.5. The molecule has 0 spiro atoms. The zero-order valence-corrected chi connectivity index (χ0v) is 12.3. The van der Waals surface area contributed by atoms with Gasteiger partial charge in [0.05, 0.1) is 16.4 Å². The second-order valence-electron chi connectivity index (χ2n) is 4.51. The van der Waals surface area contributed by atoms with Crippen molar-refractivity contribution >= 4 is 32.4 Å². The minimum atomic E-state index is 0.271. The Kier molecular flexibility index (Phi) is 3.56. The number of para-hydroxylation sites is 1. The van der Waals surface area contributed by atoms with Crippen molar-refractivity contribution in [3.05, 3.63) is 64.9 Å². The Morgan fingerprint density at radius 2 is 1.90 bits per heavy atom. The fourth-order valence-electron chi connectivity index (χ4n) is 2.15. The minimum Gasteiger partial charge on any atom is -0.506 e. The molecule has 0 atom stereocenters. The molecule has 3 nitrogen and oxygen atoms in total. The normalized spacial score (nSPS) is 10.7. The van der Waals surface area contributed by atoms with Crippen molar-refractivity contribution in [1.29, 1.82) is 0 Å². The van der Waals surface area contributed by atoms with E-state index >= 15 is 0 Å². The molecular weight excluding hydrogens is 316 g/mol. The Morgan fingerprint density at radius 1 is 1.05 bits per heavy atom. The van der Waals surface area contributed by atoms with E-state index < -0.39 is 0 Å². The molecule has 0 amide bonds. The lowest BCUT2D eigenvalue weighted by molar-refractivity contribution is 0.465. The van der Waals surface area contributed by atoms with Gasteiger partial charge in [0, 0.05) is 29.1 Å². The van der Waals surface area contributed by atoms with E-state index in [4.69, 9.17) is 0 Å². The highest BCUT2D eigenvalue weighted by molar-refractivity contribution is 9.10. The van der Waals surface area contributed by atoms with Crippen molar-refractivity contribution in [2.24, 2.45) is 0 Å². The summed E-state index contributed by atoms with van der Waals surface area (Å²) in [6.07, 6.45) is 3.65. The predicted molar refractivity (Wildman–Crippen MR) is 84.9 cm³/mol. The molecule has 1 heterocycles. The Morgan fingerprint density at radius 3 is 2.80 bits per heavy atom. The Hall–Kier alpha value is -2.07. The lowest BCUT2D eigenvalue weighted by Gasteiger charge is -2.11. The van der Waals surface area contributed by atoms with Crippen molar-refractivity contribution < 1.29 is 5.11 Å². The van der Waals surface area contributed by atoms with Crippen molar-refractivity contribution in [2.45, 2.75) is 6.54 Å². The quantitative estimate of drug-likeness (QED) is 0.752. The molecule has 20 heavy (non-hydrogen) atoms. The number of rotatable bonds is 3. The maximum atomic E-state index is 9.99. The molecule has 3 aromatic rings. The van der Waals surface area contributed by atoms with Gasteiger partial charge in [-0.3, -0.25) is 4.98 Å². The summed E-state index contributed by atoms with van der Waals surface area (Å²) in [7, 11) is 0. The van der Waals surface area contributed by atoms with Gasteiger partial charge in [-0.1, -0.05) is 36.4 Å². The number of hydrogen-bond donors (Lipinski definition) is 2. The molecule has 1 aromatic heterocycles. The summed E-state index contributed by atoms with van der Waals surface area (Å²) in [6.45, 7) is 0.543. The van der Waals surface area contributed by atoms with Crippen LogP contribution in [-0.2, 0) is 6.54 Å². The highest BCUT2D eigenvalue weighted by Crippen LogP contribution is 2.29. The molecule has 2 aromatic carbocycles. The van der Waals surface area contributed by atoms with Gasteiger partial charge in [-0.05, 0) is 22.0 Å². The monoisotopic (exact) mass is 328 g/mol. The summed E-state index contributed by atoms with van der Waals surface area (Å²) in [5.41, 5.74) is 1.80. The van der Waals surface area contributed by atoms with Crippen molar-refractivity contribution in [3.8, 4) is 5.75 Å². The van der Waals surface area contributed by atoms with E-state index in [1.165, 1.54) is 0 Å². The maximum absolute atomic E-state index is 9.99. The van der Waals surface area contributed by atoms with Gasteiger partial charge in [-0.25, -0.2) is 0 Å². The standard InChI is InChI=1S/C16H13BrN2O/c17-14-7-3-5-12(16(14)20)9-19-15-10-18-8-11-4-1-2-6-13(11)15/h1-8,10,19-20H,9H2. The van der Waals surface area contributed by atoms with Crippen molar-refractivity contribution in [2.75, 3.05) is 5.32 Å². The molecule has 0 aliphatic heterocycles. The lowest BCUT2D eigenvalue weighted by Crippen LogP contribution is -2.01. The predicted octanol–water partition coefficient (Wildman–Crippen LogP) is 4.32. The SMILES string of the molecule is Oc1c(Br)cccc1CNc1cncc2ccccc12. The number of aromatic hydroxyl groups is 1. The van der Waals surface area contributed by atoms with Gasteiger partial charge in [-0.15, -0.1) is 0 Å². The summed E-state index contributed by atoms with van der Waals surface area (Å²) in [4.78, 5) is 4.23. The third kappa shape index (κ3) is 2.47. The molecule has 100 valence electrons. The third-order valence-corrected chi connectivity index (χ3v) is 3.85. The summed E-state index contributed by atoms with van der Waals surface area (Å²) >= 11 is 3.32. The van der Waals surface area contributed by atoms with Gasteiger partial charge in [0.2, 0.25) is 0 Å². The summed E-state index contributed by atoms with van der Waals surface area (Å²) < 4.78 is 0.702. The molecule has 0 aliphatic carbocycles. The van der Waals surface area contributed by atoms with Gasteiger partial charge < -0.3 is 10.4 Å². The fourth-order valence-corrected chi connectivity index (χ4v) is 2.56. The molecule has 0 bridgehead atoms. The van der Waals surface area contributed by atoms with E-state index in [1.54, 1.807) is 6.20 Å². The first-order chi connectivity index (χ1) is 9.75. The second-order valence-corrected chi connectivity index (χ2v) is 5.36. The number of aromatic nitrogens is 1. The number of fused-ring (bicyclic) bond motifs is 1. The minimum absolute atomic E-state index is 0.271. The topological polar surface area (TPSA) is 45.1 Å². The number of halogens is 1. The second kappa shape index (κ2) is 5.51. The number of nitrogens with zero attached hydrogens (tertiary/aromatic N) is 1. The average molecular weight is 329 g/mol. The molecule has 2 N–H and O–H groups in total. The first-order valence-corrected chi connectivity index (χ1v) is 7.08. The van der Waals surface area contributed by atoms with Gasteiger partial charge in [0.25, 0.3) is 0 Å². The van der Waals surface area contributed by atoms with Crippen LogP contribution in [0.25, 0.3) is 10.8 Å². The highest BCUT2D eigenvalue weighted by Gasteiger charge is 2.06. The van der Waals surface area contributed by atoms with Crippen LogP contribution in [0.5, 0.6) is 5.75 Å². The smallest absolute Gasteiger partial charge is 0.134 e. The van der Waals surface area contributed by atoms with E-state index in [9.17, 15) is 5.11 Å². The summed E-state index contributed by atoms with van der Waals surface area (Å²) in [5.74, 6) is 0.271. The Bertz CT molecular complexity index is 753. The molecule has 4 heteroatoms. The van der Waals surface area contributed by atoms with Gasteiger partial charge in [0.15, 0.2) is 0 Å². The van der Waals surface area contributed by atoms with Crippen LogP contribution in [0.4, 0.5) is 5.69 Å².